The van der Waals surface area contributed by atoms with Crippen LogP contribution in [0.5, 0.6) is 0 Å². The molecule has 2 aliphatic rings. The lowest BCUT2D eigenvalue weighted by atomic mass is 9.97. The highest BCUT2D eigenvalue weighted by molar-refractivity contribution is 7.88. The van der Waals surface area contributed by atoms with Gasteiger partial charge in [-0.05, 0) is 26.7 Å². The van der Waals surface area contributed by atoms with Crippen LogP contribution in [0.15, 0.2) is 0 Å². The zero-order valence-electron chi connectivity index (χ0n) is 12.0. The lowest BCUT2D eigenvalue weighted by Gasteiger charge is -2.43. The Morgan fingerprint density at radius 3 is 2.60 bits per heavy atom. The summed E-state index contributed by atoms with van der Waals surface area (Å²) in [4.78, 5) is 26.0. The first-order chi connectivity index (χ1) is 9.15. The van der Waals surface area contributed by atoms with Gasteiger partial charge in [0.2, 0.25) is 21.8 Å². The normalized spacial score (nSPS) is 27.4. The number of rotatable bonds is 2. The quantitative estimate of drug-likeness (QED) is 0.720. The molecule has 2 heterocycles. The average Bonchev–Trinajstić information content (AvgIpc) is 2.80. The third-order valence-corrected chi connectivity index (χ3v) is 5.32. The number of carbonyl (C=O) groups is 2. The fourth-order valence-corrected chi connectivity index (χ4v) is 3.97. The summed E-state index contributed by atoms with van der Waals surface area (Å²) in [5, 5.41) is 2.72. The summed E-state index contributed by atoms with van der Waals surface area (Å²) in [6.45, 7) is 4.54. The first kappa shape index (κ1) is 15.2. The Morgan fingerprint density at radius 1 is 1.35 bits per heavy atom. The average molecular weight is 303 g/mol. The number of amides is 2. The summed E-state index contributed by atoms with van der Waals surface area (Å²) >= 11 is 0. The van der Waals surface area contributed by atoms with E-state index in [4.69, 9.17) is 0 Å². The van der Waals surface area contributed by atoms with Gasteiger partial charge in [-0.15, -0.1) is 0 Å². The maximum Gasteiger partial charge on any atom is 0.245 e. The fourth-order valence-electron chi connectivity index (χ4n) is 2.85. The van der Waals surface area contributed by atoms with E-state index < -0.39 is 21.6 Å². The van der Waals surface area contributed by atoms with Gasteiger partial charge < -0.3 is 10.2 Å². The Bertz CT molecular complexity index is 529. The van der Waals surface area contributed by atoms with Crippen LogP contribution in [0.2, 0.25) is 0 Å². The van der Waals surface area contributed by atoms with Gasteiger partial charge in [0.15, 0.2) is 0 Å². The van der Waals surface area contributed by atoms with E-state index in [1.807, 2.05) is 0 Å². The van der Waals surface area contributed by atoms with Gasteiger partial charge in [-0.3, -0.25) is 9.59 Å². The molecule has 0 spiro atoms. The molecule has 2 saturated heterocycles. The maximum atomic E-state index is 12.7. The molecule has 1 N–H and O–H groups in total. The maximum absolute atomic E-state index is 12.7. The molecule has 2 aliphatic heterocycles. The number of hydrogen-bond acceptors (Lipinski definition) is 4. The third-order valence-electron chi connectivity index (χ3n) is 4.03. The first-order valence-electron chi connectivity index (χ1n) is 6.72. The number of nitrogens with zero attached hydrogens (tertiary/aromatic N) is 2. The summed E-state index contributed by atoms with van der Waals surface area (Å²) in [5.74, 6) is -0.478. The molecule has 1 atom stereocenters. The SMILES string of the molecule is CC1(C)C(=O)NCCN1C(=O)C1CCCN1S(C)(=O)=O. The Morgan fingerprint density at radius 2 is 2.00 bits per heavy atom. The van der Waals surface area contributed by atoms with Crippen molar-refractivity contribution < 1.29 is 18.0 Å². The zero-order valence-corrected chi connectivity index (χ0v) is 12.9. The number of nitrogens with one attached hydrogen (secondary N) is 1. The summed E-state index contributed by atoms with van der Waals surface area (Å²) in [6.07, 6.45) is 2.30. The van der Waals surface area contributed by atoms with E-state index in [1.165, 1.54) is 9.21 Å². The third kappa shape index (κ3) is 2.54. The van der Waals surface area contributed by atoms with E-state index in [-0.39, 0.29) is 11.8 Å². The van der Waals surface area contributed by atoms with Crippen LogP contribution in [0.1, 0.15) is 26.7 Å². The molecule has 1 unspecified atom stereocenters. The second kappa shape index (κ2) is 5.00. The van der Waals surface area contributed by atoms with Gasteiger partial charge in [0, 0.05) is 19.6 Å². The summed E-state index contributed by atoms with van der Waals surface area (Å²) in [6, 6.07) is -0.671. The van der Waals surface area contributed by atoms with Gasteiger partial charge in [0.1, 0.15) is 11.6 Å². The van der Waals surface area contributed by atoms with E-state index in [9.17, 15) is 18.0 Å². The highest BCUT2D eigenvalue weighted by Gasteiger charge is 2.46. The van der Waals surface area contributed by atoms with Gasteiger partial charge in [0.25, 0.3) is 0 Å². The molecule has 0 aromatic heterocycles. The fraction of sp³-hybridized carbons (Fsp3) is 0.833. The molecule has 20 heavy (non-hydrogen) atoms. The van der Waals surface area contributed by atoms with Crippen LogP contribution in [0.3, 0.4) is 0 Å². The molecule has 2 rings (SSSR count). The van der Waals surface area contributed by atoms with Gasteiger partial charge in [-0.2, -0.15) is 4.31 Å². The van der Waals surface area contributed by atoms with E-state index >= 15 is 0 Å². The van der Waals surface area contributed by atoms with Crippen molar-refractivity contribution in [3.05, 3.63) is 0 Å². The van der Waals surface area contributed by atoms with Crippen molar-refractivity contribution in [1.82, 2.24) is 14.5 Å². The number of piperazine rings is 1. The van der Waals surface area contributed by atoms with Gasteiger partial charge in [-0.1, -0.05) is 0 Å². The highest BCUT2D eigenvalue weighted by Crippen LogP contribution is 2.26. The number of hydrogen-bond donors (Lipinski definition) is 1. The van der Waals surface area contributed by atoms with Crippen molar-refractivity contribution in [3.63, 3.8) is 0 Å². The van der Waals surface area contributed by atoms with E-state index in [2.05, 4.69) is 5.32 Å². The van der Waals surface area contributed by atoms with Crippen LogP contribution < -0.4 is 5.32 Å². The predicted octanol–water partition coefficient (Wildman–Crippen LogP) is -0.853. The van der Waals surface area contributed by atoms with Crippen LogP contribution in [-0.2, 0) is 19.6 Å². The molecule has 2 amide bonds. The van der Waals surface area contributed by atoms with E-state index in [0.717, 1.165) is 6.26 Å². The Hall–Kier alpha value is -1.15. The van der Waals surface area contributed by atoms with Crippen LogP contribution >= 0.6 is 0 Å². The molecule has 0 aromatic carbocycles. The summed E-state index contributed by atoms with van der Waals surface area (Å²) in [5.41, 5.74) is -0.943. The largest absolute Gasteiger partial charge is 0.352 e. The molecule has 0 bridgehead atoms. The molecule has 114 valence electrons. The minimum absolute atomic E-state index is 0.207. The van der Waals surface area contributed by atoms with Crippen molar-refractivity contribution in [3.8, 4) is 0 Å². The number of carbonyl (C=O) groups excluding carboxylic acids is 2. The molecular weight excluding hydrogens is 282 g/mol. The zero-order chi connectivity index (χ0) is 15.1. The highest BCUT2D eigenvalue weighted by atomic mass is 32.2. The van der Waals surface area contributed by atoms with Crippen molar-refractivity contribution in [2.45, 2.75) is 38.3 Å². The second-order valence-electron chi connectivity index (χ2n) is 5.84. The van der Waals surface area contributed by atoms with Crippen LogP contribution in [0.25, 0.3) is 0 Å². The summed E-state index contributed by atoms with van der Waals surface area (Å²) < 4.78 is 24.7. The topological polar surface area (TPSA) is 86.8 Å². The second-order valence-corrected chi connectivity index (χ2v) is 7.77. The van der Waals surface area contributed by atoms with Crippen molar-refractivity contribution >= 4 is 21.8 Å². The first-order valence-corrected chi connectivity index (χ1v) is 8.57. The van der Waals surface area contributed by atoms with Gasteiger partial charge in [0.05, 0.1) is 6.26 Å². The standard InChI is InChI=1S/C12H21N3O4S/c1-12(2)11(17)13-6-8-14(12)10(16)9-5-4-7-15(9)20(3,18)19/h9H,4-8H2,1-3H3,(H,13,17). The molecule has 0 radical (unpaired) electrons. The predicted molar refractivity (Wildman–Crippen MR) is 73.4 cm³/mol. The van der Waals surface area contributed by atoms with Crippen LogP contribution in [0, 0.1) is 0 Å². The molecule has 0 saturated carbocycles. The lowest BCUT2D eigenvalue weighted by molar-refractivity contribution is -0.151. The van der Waals surface area contributed by atoms with Gasteiger partial charge in [-0.25, -0.2) is 8.42 Å². The van der Waals surface area contributed by atoms with Crippen LogP contribution in [-0.4, -0.2) is 66.9 Å². The molecule has 0 aliphatic carbocycles. The minimum atomic E-state index is -3.40. The molecule has 0 aromatic rings. The molecular formula is C12H21N3O4S. The molecule has 2 fully saturated rings. The Balaban J connectivity index is 2.24. The van der Waals surface area contributed by atoms with Crippen LogP contribution in [0.4, 0.5) is 0 Å². The van der Waals surface area contributed by atoms with Crippen molar-refractivity contribution in [1.29, 1.82) is 0 Å². The number of sulfonamides is 1. The van der Waals surface area contributed by atoms with Gasteiger partial charge >= 0.3 is 0 Å². The monoisotopic (exact) mass is 303 g/mol. The lowest BCUT2D eigenvalue weighted by Crippen LogP contribution is -2.65. The van der Waals surface area contributed by atoms with Crippen molar-refractivity contribution in [2.24, 2.45) is 0 Å². The van der Waals surface area contributed by atoms with E-state index in [0.29, 0.717) is 32.5 Å². The molecule has 8 heteroatoms. The Kier molecular flexibility index (Phi) is 3.81. The van der Waals surface area contributed by atoms with E-state index in [1.54, 1.807) is 13.8 Å². The van der Waals surface area contributed by atoms with Crippen molar-refractivity contribution in [2.75, 3.05) is 25.9 Å². The summed E-state index contributed by atoms with van der Waals surface area (Å²) in [7, 11) is -3.40. The Labute approximate surface area is 119 Å². The smallest absolute Gasteiger partial charge is 0.245 e. The molecule has 7 nitrogen and oxygen atoms in total. The minimum Gasteiger partial charge on any atom is -0.352 e.